The van der Waals surface area contributed by atoms with Gasteiger partial charge in [0.1, 0.15) is 5.69 Å². The van der Waals surface area contributed by atoms with Gasteiger partial charge in [-0.3, -0.25) is 14.9 Å². The molecule has 3 aromatic rings. The van der Waals surface area contributed by atoms with E-state index in [0.717, 1.165) is 11.3 Å². The third kappa shape index (κ3) is 3.99. The van der Waals surface area contributed by atoms with Crippen LogP contribution in [0.15, 0.2) is 53.9 Å². The van der Waals surface area contributed by atoms with E-state index in [4.69, 9.17) is 0 Å². The average molecular weight is 354 g/mol. The number of rotatable bonds is 5. The van der Waals surface area contributed by atoms with Gasteiger partial charge >= 0.3 is 0 Å². The number of aromatic nitrogens is 1. The molecule has 1 heterocycles. The van der Waals surface area contributed by atoms with Gasteiger partial charge in [-0.05, 0) is 18.2 Å². The fourth-order valence-electron chi connectivity index (χ4n) is 2.28. The molecule has 0 bridgehead atoms. The maximum absolute atomic E-state index is 11.2. The molecule has 0 unspecified atom stereocenters. The van der Waals surface area contributed by atoms with Crippen molar-refractivity contribution in [3.05, 3.63) is 64.0 Å². The second-order valence-electron chi connectivity index (χ2n) is 5.20. The lowest BCUT2D eigenvalue weighted by Gasteiger charge is -2.04. The van der Waals surface area contributed by atoms with Crippen LogP contribution in [0.3, 0.4) is 0 Å². The number of nitro benzene ring substituents is 1. The van der Waals surface area contributed by atoms with Crippen LogP contribution in [-0.4, -0.2) is 15.8 Å². The molecule has 0 radical (unpaired) electrons. The van der Waals surface area contributed by atoms with Gasteiger partial charge in [-0.25, -0.2) is 4.98 Å². The maximum atomic E-state index is 11.2. The number of amides is 1. The van der Waals surface area contributed by atoms with Gasteiger partial charge in [-0.1, -0.05) is 24.3 Å². The number of hydrogen-bond donors (Lipinski definition) is 2. The van der Waals surface area contributed by atoms with Gasteiger partial charge in [0, 0.05) is 29.6 Å². The molecule has 3 rings (SSSR count). The van der Waals surface area contributed by atoms with Crippen LogP contribution in [0.25, 0.3) is 11.3 Å². The summed E-state index contributed by atoms with van der Waals surface area (Å²) >= 11 is 1.35. The van der Waals surface area contributed by atoms with Crippen LogP contribution in [0.4, 0.5) is 22.2 Å². The Morgan fingerprint density at radius 2 is 2.00 bits per heavy atom. The highest BCUT2D eigenvalue weighted by Gasteiger charge is 2.14. The lowest BCUT2D eigenvalue weighted by Crippen LogP contribution is -2.05. The van der Waals surface area contributed by atoms with E-state index in [2.05, 4.69) is 15.6 Å². The number of carbonyl (C=O) groups excluding carboxylic acids is 1. The van der Waals surface area contributed by atoms with E-state index in [1.165, 1.54) is 24.3 Å². The summed E-state index contributed by atoms with van der Waals surface area (Å²) in [5, 5.41) is 19.2. The first kappa shape index (κ1) is 16.6. The zero-order valence-electron chi connectivity index (χ0n) is 13.2. The molecule has 0 aliphatic rings. The molecule has 126 valence electrons. The highest BCUT2D eigenvalue weighted by atomic mass is 32.1. The highest BCUT2D eigenvalue weighted by molar-refractivity contribution is 7.14. The third-order valence-corrected chi connectivity index (χ3v) is 4.08. The molecule has 2 N–H and O–H groups in total. The van der Waals surface area contributed by atoms with Gasteiger partial charge in [-0.2, -0.15) is 0 Å². The number of nitrogens with one attached hydrogen (secondary N) is 2. The summed E-state index contributed by atoms with van der Waals surface area (Å²) in [5.74, 6) is -0.144. The second-order valence-corrected chi connectivity index (χ2v) is 6.06. The van der Waals surface area contributed by atoms with Crippen LogP contribution in [0.1, 0.15) is 6.92 Å². The van der Waals surface area contributed by atoms with Crippen molar-refractivity contribution in [1.82, 2.24) is 4.98 Å². The van der Waals surface area contributed by atoms with E-state index in [0.29, 0.717) is 16.5 Å². The van der Waals surface area contributed by atoms with Crippen molar-refractivity contribution in [3.63, 3.8) is 0 Å². The molecular formula is C17H14N4O3S. The number of hydrogen-bond acceptors (Lipinski definition) is 6. The number of nitro groups is 1. The normalized spacial score (nSPS) is 10.3. The molecule has 0 saturated carbocycles. The number of thiazole rings is 1. The Bertz CT molecular complexity index is 939. The van der Waals surface area contributed by atoms with E-state index in [-0.39, 0.29) is 11.6 Å². The summed E-state index contributed by atoms with van der Waals surface area (Å²) in [6.07, 6.45) is 0. The van der Waals surface area contributed by atoms with Crippen molar-refractivity contribution >= 4 is 39.4 Å². The number of para-hydroxylation sites is 2. The molecule has 2 aromatic carbocycles. The number of nitrogens with zero attached hydrogens (tertiary/aromatic N) is 2. The third-order valence-electron chi connectivity index (χ3n) is 3.33. The van der Waals surface area contributed by atoms with Crippen LogP contribution in [-0.2, 0) is 4.79 Å². The first-order chi connectivity index (χ1) is 12.0. The minimum absolute atomic E-state index is 0.00749. The van der Waals surface area contributed by atoms with Gasteiger partial charge in [0.2, 0.25) is 5.91 Å². The van der Waals surface area contributed by atoms with E-state index in [1.807, 2.05) is 23.6 Å². The molecule has 1 aromatic heterocycles. The minimum atomic E-state index is -0.437. The Balaban J connectivity index is 1.84. The molecule has 0 aliphatic heterocycles. The Morgan fingerprint density at radius 3 is 2.76 bits per heavy atom. The van der Waals surface area contributed by atoms with Crippen LogP contribution >= 0.6 is 11.3 Å². The van der Waals surface area contributed by atoms with E-state index in [9.17, 15) is 14.9 Å². The van der Waals surface area contributed by atoms with Crippen molar-refractivity contribution in [1.29, 1.82) is 0 Å². The first-order valence-corrected chi connectivity index (χ1v) is 8.25. The molecule has 25 heavy (non-hydrogen) atoms. The summed E-state index contributed by atoms with van der Waals surface area (Å²) in [6, 6.07) is 13.7. The summed E-state index contributed by atoms with van der Waals surface area (Å²) in [6.45, 7) is 1.45. The van der Waals surface area contributed by atoms with Crippen molar-refractivity contribution in [3.8, 4) is 11.3 Å². The van der Waals surface area contributed by atoms with Gasteiger partial charge in [-0.15, -0.1) is 11.3 Å². The summed E-state index contributed by atoms with van der Waals surface area (Å²) in [5.41, 5.74) is 2.63. The molecular weight excluding hydrogens is 340 g/mol. The standard InChI is InChI=1S/C17H14N4O3S/c1-11(22)18-13-6-4-5-12(9-13)15-10-25-17(20-15)19-14-7-2-3-8-16(14)21(23)24/h2-10H,1H3,(H,18,22)(H,19,20). The van der Waals surface area contributed by atoms with Crippen LogP contribution in [0.5, 0.6) is 0 Å². The Hall–Kier alpha value is -3.26. The first-order valence-electron chi connectivity index (χ1n) is 7.37. The number of benzene rings is 2. The van der Waals surface area contributed by atoms with E-state index >= 15 is 0 Å². The number of anilines is 3. The van der Waals surface area contributed by atoms with Crippen LogP contribution in [0, 0.1) is 10.1 Å². The Kier molecular flexibility index (Phi) is 4.71. The van der Waals surface area contributed by atoms with E-state index < -0.39 is 4.92 Å². The van der Waals surface area contributed by atoms with Crippen molar-refractivity contribution in [2.24, 2.45) is 0 Å². The quantitative estimate of drug-likeness (QED) is 0.522. The fraction of sp³-hybridized carbons (Fsp3) is 0.0588. The van der Waals surface area contributed by atoms with Crippen molar-refractivity contribution < 1.29 is 9.72 Å². The predicted octanol–water partition coefficient (Wildman–Crippen LogP) is 4.42. The lowest BCUT2D eigenvalue weighted by molar-refractivity contribution is -0.383. The minimum Gasteiger partial charge on any atom is -0.326 e. The monoisotopic (exact) mass is 354 g/mol. The van der Waals surface area contributed by atoms with Crippen molar-refractivity contribution in [2.75, 3.05) is 10.6 Å². The highest BCUT2D eigenvalue weighted by Crippen LogP contribution is 2.31. The van der Waals surface area contributed by atoms with Gasteiger partial charge in [0.05, 0.1) is 10.6 Å². The smallest absolute Gasteiger partial charge is 0.292 e. The zero-order valence-corrected chi connectivity index (χ0v) is 14.0. The topological polar surface area (TPSA) is 97.2 Å². The molecule has 7 nitrogen and oxygen atoms in total. The predicted molar refractivity (Wildman–Crippen MR) is 98.2 cm³/mol. The average Bonchev–Trinajstić information content (AvgIpc) is 3.03. The SMILES string of the molecule is CC(=O)Nc1cccc(-c2csc(Nc3ccccc3[N+](=O)[O-])n2)c1. The van der Waals surface area contributed by atoms with Crippen LogP contribution in [0.2, 0.25) is 0 Å². The second kappa shape index (κ2) is 7.10. The summed E-state index contributed by atoms with van der Waals surface area (Å²) in [4.78, 5) is 26.3. The molecule has 0 atom stereocenters. The largest absolute Gasteiger partial charge is 0.326 e. The van der Waals surface area contributed by atoms with Crippen molar-refractivity contribution in [2.45, 2.75) is 6.92 Å². The molecule has 0 saturated heterocycles. The Labute approximate surface area is 147 Å². The summed E-state index contributed by atoms with van der Waals surface area (Å²) in [7, 11) is 0. The maximum Gasteiger partial charge on any atom is 0.292 e. The molecule has 0 fully saturated rings. The van der Waals surface area contributed by atoms with Gasteiger partial charge in [0.25, 0.3) is 5.69 Å². The summed E-state index contributed by atoms with van der Waals surface area (Å²) < 4.78 is 0. The Morgan fingerprint density at radius 1 is 1.20 bits per heavy atom. The van der Waals surface area contributed by atoms with E-state index in [1.54, 1.807) is 24.3 Å². The molecule has 0 spiro atoms. The molecule has 0 aliphatic carbocycles. The van der Waals surface area contributed by atoms with Crippen LogP contribution < -0.4 is 10.6 Å². The van der Waals surface area contributed by atoms with Gasteiger partial charge in [0.15, 0.2) is 5.13 Å². The molecule has 1 amide bonds. The lowest BCUT2D eigenvalue weighted by atomic mass is 10.1. The zero-order chi connectivity index (χ0) is 17.8. The fourth-order valence-corrected chi connectivity index (χ4v) is 3.01. The van der Waals surface area contributed by atoms with Gasteiger partial charge < -0.3 is 10.6 Å². The molecule has 8 heteroatoms. The number of carbonyl (C=O) groups is 1.